The minimum Gasteiger partial charge on any atom is -0.368 e. The second-order valence-corrected chi connectivity index (χ2v) is 5.52. The van der Waals surface area contributed by atoms with Crippen LogP contribution in [0.4, 0.5) is 11.5 Å². The lowest BCUT2D eigenvalue weighted by molar-refractivity contribution is 0.645. The SMILES string of the molecule is CCc1nc(Cl)cc(N2CCN(c3ccccc3)CC2)n1. The Labute approximate surface area is 130 Å². The first kappa shape index (κ1) is 14.1. The Hall–Kier alpha value is -1.81. The number of hydrogen-bond donors (Lipinski definition) is 0. The van der Waals surface area contributed by atoms with Crippen molar-refractivity contribution in [1.82, 2.24) is 9.97 Å². The summed E-state index contributed by atoms with van der Waals surface area (Å²) in [7, 11) is 0. The van der Waals surface area contributed by atoms with E-state index >= 15 is 0 Å². The molecular formula is C16H19ClN4. The first-order valence-corrected chi connectivity index (χ1v) is 7.72. The number of piperazine rings is 1. The molecule has 1 fully saturated rings. The monoisotopic (exact) mass is 302 g/mol. The molecule has 21 heavy (non-hydrogen) atoms. The zero-order chi connectivity index (χ0) is 14.7. The smallest absolute Gasteiger partial charge is 0.134 e. The molecule has 3 rings (SSSR count). The van der Waals surface area contributed by atoms with Crippen molar-refractivity contribution in [3.63, 3.8) is 0 Å². The summed E-state index contributed by atoms with van der Waals surface area (Å²) in [5.74, 6) is 1.75. The molecule has 0 atom stereocenters. The third-order valence-electron chi connectivity index (χ3n) is 3.77. The van der Waals surface area contributed by atoms with Crippen molar-refractivity contribution in [3.05, 3.63) is 47.4 Å². The molecule has 0 saturated carbocycles. The largest absolute Gasteiger partial charge is 0.368 e. The number of halogens is 1. The van der Waals surface area contributed by atoms with Gasteiger partial charge in [-0.3, -0.25) is 0 Å². The standard InChI is InChI=1S/C16H19ClN4/c1-2-15-18-14(17)12-16(19-15)21-10-8-20(9-11-21)13-6-4-3-5-7-13/h3-7,12H,2,8-11H2,1H3. The highest BCUT2D eigenvalue weighted by atomic mass is 35.5. The van der Waals surface area contributed by atoms with Crippen molar-refractivity contribution in [3.8, 4) is 0 Å². The average Bonchev–Trinajstić information content (AvgIpc) is 2.55. The van der Waals surface area contributed by atoms with Gasteiger partial charge in [0.05, 0.1) is 0 Å². The van der Waals surface area contributed by atoms with Crippen molar-refractivity contribution in [1.29, 1.82) is 0 Å². The fourth-order valence-electron chi connectivity index (χ4n) is 2.60. The van der Waals surface area contributed by atoms with Gasteiger partial charge in [0, 0.05) is 44.4 Å². The van der Waals surface area contributed by atoms with E-state index in [9.17, 15) is 0 Å². The van der Waals surface area contributed by atoms with Gasteiger partial charge in [-0.1, -0.05) is 36.7 Å². The van der Waals surface area contributed by atoms with Crippen LogP contribution in [0.15, 0.2) is 36.4 Å². The van der Waals surface area contributed by atoms with Crippen LogP contribution in [0, 0.1) is 0 Å². The highest BCUT2D eigenvalue weighted by Crippen LogP contribution is 2.21. The van der Waals surface area contributed by atoms with E-state index in [1.54, 1.807) is 0 Å². The van der Waals surface area contributed by atoms with Crippen LogP contribution in [0.1, 0.15) is 12.7 Å². The average molecular weight is 303 g/mol. The number of rotatable bonds is 3. The molecule has 5 heteroatoms. The van der Waals surface area contributed by atoms with E-state index < -0.39 is 0 Å². The molecule has 1 aliphatic rings. The molecule has 2 heterocycles. The van der Waals surface area contributed by atoms with Gasteiger partial charge in [-0.25, -0.2) is 9.97 Å². The van der Waals surface area contributed by atoms with E-state index in [0.29, 0.717) is 5.15 Å². The van der Waals surface area contributed by atoms with E-state index in [4.69, 9.17) is 11.6 Å². The van der Waals surface area contributed by atoms with Crippen molar-refractivity contribution in [2.24, 2.45) is 0 Å². The summed E-state index contributed by atoms with van der Waals surface area (Å²) in [6.07, 6.45) is 0.803. The van der Waals surface area contributed by atoms with Gasteiger partial charge in [-0.2, -0.15) is 0 Å². The molecule has 2 aromatic rings. The molecule has 0 bridgehead atoms. The Morgan fingerprint density at radius 3 is 2.33 bits per heavy atom. The summed E-state index contributed by atoms with van der Waals surface area (Å²) in [6.45, 7) is 5.93. The molecule has 0 amide bonds. The Balaban J connectivity index is 1.70. The van der Waals surface area contributed by atoms with Crippen LogP contribution in [0.2, 0.25) is 5.15 Å². The van der Waals surface area contributed by atoms with Crippen LogP contribution in [0.25, 0.3) is 0 Å². The van der Waals surface area contributed by atoms with E-state index in [0.717, 1.165) is 44.2 Å². The Kier molecular flexibility index (Phi) is 4.25. The Bertz CT molecular complexity index is 594. The molecule has 1 saturated heterocycles. The zero-order valence-electron chi connectivity index (χ0n) is 12.2. The van der Waals surface area contributed by atoms with Crippen molar-refractivity contribution in [2.75, 3.05) is 36.0 Å². The first-order chi connectivity index (χ1) is 10.3. The van der Waals surface area contributed by atoms with Gasteiger partial charge in [-0.05, 0) is 12.1 Å². The third kappa shape index (κ3) is 3.27. The minimum absolute atomic E-state index is 0.530. The van der Waals surface area contributed by atoms with E-state index in [2.05, 4.69) is 50.1 Å². The molecule has 1 aromatic heterocycles. The van der Waals surface area contributed by atoms with Crippen molar-refractivity contribution in [2.45, 2.75) is 13.3 Å². The number of hydrogen-bond acceptors (Lipinski definition) is 4. The van der Waals surface area contributed by atoms with Crippen LogP contribution in [-0.4, -0.2) is 36.1 Å². The van der Waals surface area contributed by atoms with E-state index in [-0.39, 0.29) is 0 Å². The highest BCUT2D eigenvalue weighted by Gasteiger charge is 2.19. The van der Waals surface area contributed by atoms with Crippen LogP contribution in [0.3, 0.4) is 0 Å². The maximum atomic E-state index is 6.08. The number of benzene rings is 1. The fraction of sp³-hybridized carbons (Fsp3) is 0.375. The molecular weight excluding hydrogens is 284 g/mol. The summed E-state index contributed by atoms with van der Waals surface area (Å²) in [6, 6.07) is 12.4. The van der Waals surface area contributed by atoms with Gasteiger partial charge in [0.25, 0.3) is 0 Å². The van der Waals surface area contributed by atoms with E-state index in [1.165, 1.54) is 5.69 Å². The third-order valence-corrected chi connectivity index (χ3v) is 3.96. The molecule has 0 unspecified atom stereocenters. The number of para-hydroxylation sites is 1. The van der Waals surface area contributed by atoms with Gasteiger partial charge in [0.2, 0.25) is 0 Å². The molecule has 0 radical (unpaired) electrons. The summed E-state index contributed by atoms with van der Waals surface area (Å²) in [5, 5.41) is 0.530. The molecule has 0 aliphatic carbocycles. The Morgan fingerprint density at radius 2 is 1.67 bits per heavy atom. The molecule has 4 nitrogen and oxygen atoms in total. The van der Waals surface area contributed by atoms with Crippen LogP contribution >= 0.6 is 11.6 Å². The minimum atomic E-state index is 0.530. The van der Waals surface area contributed by atoms with Crippen LogP contribution < -0.4 is 9.80 Å². The number of nitrogens with zero attached hydrogens (tertiary/aromatic N) is 4. The van der Waals surface area contributed by atoms with Crippen LogP contribution in [0.5, 0.6) is 0 Å². The van der Waals surface area contributed by atoms with E-state index in [1.807, 2.05) is 13.0 Å². The topological polar surface area (TPSA) is 32.3 Å². The summed E-state index contributed by atoms with van der Waals surface area (Å²) in [5.41, 5.74) is 1.28. The van der Waals surface area contributed by atoms with Crippen LogP contribution in [-0.2, 0) is 6.42 Å². The lowest BCUT2D eigenvalue weighted by Gasteiger charge is -2.36. The predicted octanol–water partition coefficient (Wildman–Crippen LogP) is 3.02. The summed E-state index contributed by atoms with van der Waals surface area (Å²) < 4.78 is 0. The Morgan fingerprint density at radius 1 is 1.00 bits per heavy atom. The molecule has 1 aromatic carbocycles. The van der Waals surface area contributed by atoms with Gasteiger partial charge in [-0.15, -0.1) is 0 Å². The molecule has 1 aliphatic heterocycles. The normalized spacial score (nSPS) is 15.3. The number of anilines is 2. The summed E-state index contributed by atoms with van der Waals surface area (Å²) in [4.78, 5) is 13.5. The molecule has 110 valence electrons. The second-order valence-electron chi connectivity index (χ2n) is 5.13. The maximum Gasteiger partial charge on any atom is 0.134 e. The second kappa shape index (κ2) is 6.31. The summed E-state index contributed by atoms with van der Waals surface area (Å²) >= 11 is 6.08. The molecule has 0 N–H and O–H groups in total. The van der Waals surface area contributed by atoms with Gasteiger partial charge < -0.3 is 9.80 Å². The zero-order valence-corrected chi connectivity index (χ0v) is 12.9. The molecule has 0 spiro atoms. The maximum absolute atomic E-state index is 6.08. The number of aromatic nitrogens is 2. The lowest BCUT2D eigenvalue weighted by atomic mass is 10.2. The lowest BCUT2D eigenvalue weighted by Crippen LogP contribution is -2.46. The fourth-order valence-corrected chi connectivity index (χ4v) is 2.80. The van der Waals surface area contributed by atoms with Gasteiger partial charge >= 0.3 is 0 Å². The van der Waals surface area contributed by atoms with Crippen molar-refractivity contribution >= 4 is 23.1 Å². The highest BCUT2D eigenvalue weighted by molar-refractivity contribution is 6.29. The predicted molar refractivity (Wildman–Crippen MR) is 87.3 cm³/mol. The number of aryl methyl sites for hydroxylation is 1. The van der Waals surface area contributed by atoms with Gasteiger partial charge in [0.1, 0.15) is 16.8 Å². The van der Waals surface area contributed by atoms with Gasteiger partial charge in [0.15, 0.2) is 0 Å². The van der Waals surface area contributed by atoms with Crippen molar-refractivity contribution < 1.29 is 0 Å². The quantitative estimate of drug-likeness (QED) is 0.816. The first-order valence-electron chi connectivity index (χ1n) is 7.34.